The normalized spacial score (nSPS) is 9.46. The number of carbonyl (C=O) groups excluding carboxylic acids is 2. The summed E-state index contributed by atoms with van der Waals surface area (Å²) in [6.45, 7) is 0. The minimum Gasteiger partial charge on any atom is -0.550 e. The van der Waals surface area contributed by atoms with Crippen molar-refractivity contribution >= 4 is 81.1 Å². The number of rotatable bonds is 8. The van der Waals surface area contributed by atoms with Crippen LogP contribution in [0.1, 0.15) is 11.1 Å². The molecule has 0 aliphatic rings. The largest absolute Gasteiger partial charge is 1.00 e. The van der Waals surface area contributed by atoms with Crippen LogP contribution in [0.3, 0.4) is 0 Å². The third-order valence-electron chi connectivity index (χ3n) is 5.15. The molecular weight excluding hydrogens is 632 g/mol. The number of halogens is 4. The van der Waals surface area contributed by atoms with E-state index in [0.29, 0.717) is 54.0 Å². The molecule has 4 rings (SSSR count). The molecule has 0 atom stereocenters. The summed E-state index contributed by atoms with van der Waals surface area (Å²) in [7, 11) is 0. The van der Waals surface area contributed by atoms with Crippen molar-refractivity contribution in [2.45, 2.75) is 12.8 Å². The molecule has 41 heavy (non-hydrogen) atoms. The van der Waals surface area contributed by atoms with Gasteiger partial charge >= 0.3 is 59.1 Å². The maximum absolute atomic E-state index is 10.7. The van der Waals surface area contributed by atoms with Crippen molar-refractivity contribution in [3.63, 3.8) is 0 Å². The van der Waals surface area contributed by atoms with E-state index in [4.69, 9.17) is 46.4 Å². The number of carbonyl (C=O) groups is 2. The molecule has 204 valence electrons. The number of anilines is 4. The summed E-state index contributed by atoms with van der Waals surface area (Å²) in [5.74, 6) is -2.28. The van der Waals surface area contributed by atoms with Crippen molar-refractivity contribution in [3.05, 3.63) is 116 Å². The zero-order chi connectivity index (χ0) is 27.7. The van der Waals surface area contributed by atoms with Crippen LogP contribution in [0.4, 0.5) is 22.7 Å². The van der Waals surface area contributed by atoms with Gasteiger partial charge in [0.25, 0.3) is 0 Å². The molecule has 0 amide bonds. The number of benzene rings is 4. The van der Waals surface area contributed by atoms with Crippen molar-refractivity contribution in [3.8, 4) is 0 Å². The predicted octanol–water partition coefficient (Wildman–Crippen LogP) is -0.758. The summed E-state index contributed by atoms with van der Waals surface area (Å²) in [5, 5.41) is 29.4. The number of hydrogen-bond donors (Lipinski definition) is 2. The summed E-state index contributed by atoms with van der Waals surface area (Å²) < 4.78 is 0. The van der Waals surface area contributed by atoms with Gasteiger partial charge in [0, 0.05) is 36.2 Å². The number of hydrogen-bond acceptors (Lipinski definition) is 6. The van der Waals surface area contributed by atoms with E-state index >= 15 is 0 Å². The maximum Gasteiger partial charge on any atom is 1.00 e. The summed E-state index contributed by atoms with van der Waals surface area (Å²) >= 11 is 24.2. The van der Waals surface area contributed by atoms with Crippen LogP contribution in [0.2, 0.25) is 20.1 Å². The van der Waals surface area contributed by atoms with Gasteiger partial charge in [-0.15, -0.1) is 0 Å². The zero-order valence-electron chi connectivity index (χ0n) is 22.1. The molecule has 0 aliphatic heterocycles. The summed E-state index contributed by atoms with van der Waals surface area (Å²) in [6.07, 6.45) is -0.351. The number of aliphatic carboxylic acids is 2. The molecule has 0 spiro atoms. The molecule has 4 N–H and O–H groups in total. The Kier molecular flexibility index (Phi) is 19.0. The molecule has 0 saturated heterocycles. The second kappa shape index (κ2) is 19.7. The van der Waals surface area contributed by atoms with Crippen LogP contribution in [0.15, 0.2) is 84.9 Å². The predicted molar refractivity (Wildman–Crippen MR) is 153 cm³/mol. The van der Waals surface area contributed by atoms with E-state index < -0.39 is 11.9 Å². The average Bonchev–Trinajstić information content (AvgIpc) is 2.86. The molecule has 0 saturated carbocycles. The number of para-hydroxylation sites is 4. The third-order valence-corrected chi connectivity index (χ3v) is 6.41. The van der Waals surface area contributed by atoms with Gasteiger partial charge in [0.15, 0.2) is 0 Å². The van der Waals surface area contributed by atoms with Gasteiger partial charge in [-0.1, -0.05) is 94.9 Å². The first-order valence-electron chi connectivity index (χ1n) is 11.1. The van der Waals surface area contributed by atoms with Gasteiger partial charge in [-0.25, -0.2) is 0 Å². The fourth-order valence-electron chi connectivity index (χ4n) is 3.41. The number of nitrogens with one attached hydrogen (secondary N) is 2. The minimum atomic E-state index is -1.14. The quantitative estimate of drug-likeness (QED) is 0.240. The van der Waals surface area contributed by atoms with Crippen LogP contribution in [0.5, 0.6) is 0 Å². The van der Waals surface area contributed by atoms with Crippen molar-refractivity contribution in [1.29, 1.82) is 0 Å². The SMILES string of the molecule is O.O=C([O-])Cc1ccccc1Nc1c(Cl)cccc1Cl.O=C([O-])Cc1ccccc1Nc1c(Cl)cccc1Cl.[Na+].[Na+]. The first kappa shape index (κ1) is 39.5. The number of carboxylic acid groups (broad SMARTS) is 2. The van der Waals surface area contributed by atoms with Crippen molar-refractivity contribution < 1.29 is 84.4 Å². The summed E-state index contributed by atoms with van der Waals surface area (Å²) in [5.41, 5.74) is 3.61. The maximum atomic E-state index is 10.7. The Morgan fingerprint density at radius 3 is 1.12 bits per heavy atom. The second-order valence-corrected chi connectivity index (χ2v) is 9.48. The van der Waals surface area contributed by atoms with Gasteiger partial charge in [-0.3, -0.25) is 0 Å². The van der Waals surface area contributed by atoms with Crippen LogP contribution in [0, 0.1) is 0 Å². The molecular formula is C28H22Cl4N2Na2O5. The molecule has 0 bridgehead atoms. The number of carboxylic acids is 2. The molecule has 0 unspecified atom stereocenters. The van der Waals surface area contributed by atoms with E-state index in [2.05, 4.69) is 10.6 Å². The minimum absolute atomic E-state index is 0. The third kappa shape index (κ3) is 12.4. The Morgan fingerprint density at radius 1 is 0.537 bits per heavy atom. The Balaban J connectivity index is 0.000000727. The van der Waals surface area contributed by atoms with Crippen molar-refractivity contribution in [2.24, 2.45) is 0 Å². The van der Waals surface area contributed by atoms with Gasteiger partial charge in [0.1, 0.15) is 0 Å². The fraction of sp³-hybridized carbons (Fsp3) is 0.0714. The van der Waals surface area contributed by atoms with E-state index in [1.807, 2.05) is 0 Å². The summed E-state index contributed by atoms with van der Waals surface area (Å²) in [6, 6.07) is 24.4. The molecule has 0 fully saturated rings. The van der Waals surface area contributed by atoms with E-state index in [-0.39, 0.29) is 77.4 Å². The first-order chi connectivity index (χ1) is 18.2. The van der Waals surface area contributed by atoms with E-state index in [9.17, 15) is 19.8 Å². The second-order valence-electron chi connectivity index (χ2n) is 7.86. The first-order valence-corrected chi connectivity index (χ1v) is 12.6. The molecule has 0 radical (unpaired) electrons. The zero-order valence-corrected chi connectivity index (χ0v) is 29.2. The Morgan fingerprint density at radius 2 is 0.829 bits per heavy atom. The van der Waals surface area contributed by atoms with E-state index in [0.717, 1.165) is 0 Å². The molecule has 4 aromatic rings. The van der Waals surface area contributed by atoms with Crippen LogP contribution < -0.4 is 80.0 Å². The molecule has 0 aromatic heterocycles. The monoisotopic (exact) mass is 652 g/mol. The van der Waals surface area contributed by atoms with Crippen molar-refractivity contribution in [2.75, 3.05) is 10.6 Å². The smallest absolute Gasteiger partial charge is 0.550 e. The molecule has 4 aromatic carbocycles. The standard InChI is InChI=1S/2C14H11Cl2NO2.2Na.H2O/c2*15-10-5-3-6-11(16)14(10)17-12-7-2-1-4-9(12)8-13(18)19;;;/h2*1-7,17H,8H2,(H,18,19);;;1H2/q;;2*+1;/p-2. The summed E-state index contributed by atoms with van der Waals surface area (Å²) in [4.78, 5) is 21.4. The van der Waals surface area contributed by atoms with Gasteiger partial charge in [-0.2, -0.15) is 0 Å². The average molecular weight is 654 g/mol. The van der Waals surface area contributed by atoms with E-state index in [1.54, 1.807) is 84.9 Å². The van der Waals surface area contributed by atoms with Gasteiger partial charge in [0.2, 0.25) is 0 Å². The van der Waals surface area contributed by atoms with E-state index in [1.165, 1.54) is 0 Å². The van der Waals surface area contributed by atoms with Gasteiger partial charge in [-0.05, 0) is 47.5 Å². The Labute approximate surface area is 302 Å². The fourth-order valence-corrected chi connectivity index (χ4v) is 4.39. The van der Waals surface area contributed by atoms with Crippen LogP contribution >= 0.6 is 46.4 Å². The Bertz CT molecular complexity index is 1310. The van der Waals surface area contributed by atoms with Crippen LogP contribution in [-0.4, -0.2) is 17.4 Å². The molecule has 0 heterocycles. The van der Waals surface area contributed by atoms with Crippen LogP contribution in [-0.2, 0) is 22.4 Å². The molecule has 13 heteroatoms. The van der Waals surface area contributed by atoms with Crippen LogP contribution in [0.25, 0.3) is 0 Å². The molecule has 0 aliphatic carbocycles. The van der Waals surface area contributed by atoms with Gasteiger partial charge in [0.05, 0.1) is 31.5 Å². The Hall–Kier alpha value is -1.46. The topological polar surface area (TPSA) is 136 Å². The molecule has 7 nitrogen and oxygen atoms in total. The van der Waals surface area contributed by atoms with Crippen molar-refractivity contribution in [1.82, 2.24) is 0 Å². The van der Waals surface area contributed by atoms with Gasteiger partial charge < -0.3 is 35.9 Å².